The molecule has 1 unspecified atom stereocenters. The van der Waals surface area contributed by atoms with E-state index >= 15 is 0 Å². The van der Waals surface area contributed by atoms with E-state index in [-0.39, 0.29) is 11.9 Å². The van der Waals surface area contributed by atoms with E-state index in [0.717, 1.165) is 16.7 Å². The average molecular weight is 245 g/mol. The van der Waals surface area contributed by atoms with Gasteiger partial charge in [0.15, 0.2) is 0 Å². The first-order valence-corrected chi connectivity index (χ1v) is 5.82. The Bertz CT molecular complexity index is 552. The van der Waals surface area contributed by atoms with Crippen LogP contribution in [0.5, 0.6) is 5.75 Å². The quantitative estimate of drug-likeness (QED) is 0.898. The largest absolute Gasteiger partial charge is 0.496 e. The zero-order chi connectivity index (χ0) is 13.1. The number of benzene rings is 2. The Kier molecular flexibility index (Phi) is 3.63. The molecule has 3 heteroatoms. The molecule has 0 radical (unpaired) electrons. The number of hydrogen-bond acceptors (Lipinski definition) is 2. The van der Waals surface area contributed by atoms with Gasteiger partial charge in [0.05, 0.1) is 7.11 Å². The van der Waals surface area contributed by atoms with Crippen LogP contribution in [0.2, 0.25) is 0 Å². The maximum absolute atomic E-state index is 13.5. The molecule has 0 spiro atoms. The lowest BCUT2D eigenvalue weighted by Gasteiger charge is -2.15. The molecule has 0 fully saturated rings. The zero-order valence-corrected chi connectivity index (χ0v) is 10.5. The summed E-state index contributed by atoms with van der Waals surface area (Å²) in [4.78, 5) is 0. The number of halogens is 1. The molecule has 2 aromatic carbocycles. The molecule has 0 aliphatic carbocycles. The van der Waals surface area contributed by atoms with E-state index in [1.165, 1.54) is 12.1 Å². The van der Waals surface area contributed by atoms with Crippen LogP contribution in [0.15, 0.2) is 42.5 Å². The molecule has 0 heterocycles. The molecule has 0 bridgehead atoms. The highest BCUT2D eigenvalue weighted by Crippen LogP contribution is 2.34. The lowest BCUT2D eigenvalue weighted by molar-refractivity contribution is 0.416. The van der Waals surface area contributed by atoms with Crippen molar-refractivity contribution in [3.63, 3.8) is 0 Å². The topological polar surface area (TPSA) is 35.2 Å². The molecule has 2 nitrogen and oxygen atoms in total. The Morgan fingerprint density at radius 3 is 2.50 bits per heavy atom. The minimum Gasteiger partial charge on any atom is -0.496 e. The van der Waals surface area contributed by atoms with Crippen molar-refractivity contribution < 1.29 is 9.13 Å². The summed E-state index contributed by atoms with van der Waals surface area (Å²) >= 11 is 0. The standard InChI is InChI=1S/C15H16FNO/c1-10(17)12-8-7-11(16)9-14(12)13-5-3-4-6-15(13)18-2/h3-10H,17H2,1-2H3. The van der Waals surface area contributed by atoms with Gasteiger partial charge in [0.1, 0.15) is 11.6 Å². The number of methoxy groups -OCH3 is 1. The monoisotopic (exact) mass is 245 g/mol. The van der Waals surface area contributed by atoms with E-state index in [4.69, 9.17) is 10.5 Å². The second kappa shape index (κ2) is 5.19. The smallest absolute Gasteiger partial charge is 0.126 e. The van der Waals surface area contributed by atoms with Gasteiger partial charge in [-0.25, -0.2) is 4.39 Å². The summed E-state index contributed by atoms with van der Waals surface area (Å²) in [5.74, 6) is 0.435. The van der Waals surface area contributed by atoms with Gasteiger partial charge in [0, 0.05) is 11.6 Å². The minimum absolute atomic E-state index is 0.162. The highest BCUT2D eigenvalue weighted by molar-refractivity contribution is 5.73. The molecule has 0 saturated heterocycles. The Balaban J connectivity index is 2.65. The highest BCUT2D eigenvalue weighted by Gasteiger charge is 2.13. The molecule has 18 heavy (non-hydrogen) atoms. The van der Waals surface area contributed by atoms with Gasteiger partial charge in [0.25, 0.3) is 0 Å². The number of nitrogens with two attached hydrogens (primary N) is 1. The molecule has 2 rings (SSSR count). The van der Waals surface area contributed by atoms with Crippen molar-refractivity contribution in [2.75, 3.05) is 7.11 Å². The van der Waals surface area contributed by atoms with Crippen LogP contribution in [-0.2, 0) is 0 Å². The lowest BCUT2D eigenvalue weighted by Crippen LogP contribution is -2.07. The molecule has 94 valence electrons. The van der Waals surface area contributed by atoms with Gasteiger partial charge in [-0.2, -0.15) is 0 Å². The van der Waals surface area contributed by atoms with Gasteiger partial charge < -0.3 is 10.5 Å². The molecule has 2 aromatic rings. The number of ether oxygens (including phenoxy) is 1. The fourth-order valence-corrected chi connectivity index (χ4v) is 2.03. The van der Waals surface area contributed by atoms with Crippen molar-refractivity contribution in [3.8, 4) is 16.9 Å². The van der Waals surface area contributed by atoms with Gasteiger partial charge in [-0.05, 0) is 36.2 Å². The summed E-state index contributed by atoms with van der Waals surface area (Å²) < 4.78 is 18.8. The lowest BCUT2D eigenvalue weighted by atomic mass is 9.95. The molecule has 0 aliphatic rings. The Morgan fingerprint density at radius 2 is 1.83 bits per heavy atom. The van der Waals surface area contributed by atoms with E-state index in [1.54, 1.807) is 13.2 Å². The van der Waals surface area contributed by atoms with Crippen LogP contribution in [-0.4, -0.2) is 7.11 Å². The van der Waals surface area contributed by atoms with Crippen molar-refractivity contribution in [1.82, 2.24) is 0 Å². The van der Waals surface area contributed by atoms with Gasteiger partial charge in [-0.15, -0.1) is 0 Å². The molecule has 0 amide bonds. The second-order valence-electron chi connectivity index (χ2n) is 4.22. The molecule has 0 saturated carbocycles. The summed E-state index contributed by atoms with van der Waals surface area (Å²) in [5, 5.41) is 0. The predicted octanol–water partition coefficient (Wildman–Crippen LogP) is 3.52. The van der Waals surface area contributed by atoms with Crippen molar-refractivity contribution in [2.45, 2.75) is 13.0 Å². The van der Waals surface area contributed by atoms with E-state index in [0.29, 0.717) is 5.75 Å². The second-order valence-corrected chi connectivity index (χ2v) is 4.22. The van der Waals surface area contributed by atoms with E-state index in [2.05, 4.69) is 0 Å². The van der Waals surface area contributed by atoms with Crippen molar-refractivity contribution in [1.29, 1.82) is 0 Å². The first-order chi connectivity index (χ1) is 8.63. The third-order valence-electron chi connectivity index (χ3n) is 2.90. The highest BCUT2D eigenvalue weighted by atomic mass is 19.1. The van der Waals surface area contributed by atoms with Gasteiger partial charge >= 0.3 is 0 Å². The molecule has 2 N–H and O–H groups in total. The minimum atomic E-state index is -0.277. The third-order valence-corrected chi connectivity index (χ3v) is 2.90. The van der Waals surface area contributed by atoms with E-state index < -0.39 is 0 Å². The van der Waals surface area contributed by atoms with Crippen LogP contribution in [0.3, 0.4) is 0 Å². The summed E-state index contributed by atoms with van der Waals surface area (Å²) in [6, 6.07) is 12.0. The van der Waals surface area contributed by atoms with Crippen LogP contribution >= 0.6 is 0 Å². The molecular weight excluding hydrogens is 229 g/mol. The fraction of sp³-hybridized carbons (Fsp3) is 0.200. The third kappa shape index (κ3) is 2.36. The SMILES string of the molecule is COc1ccccc1-c1cc(F)ccc1C(C)N. The number of para-hydroxylation sites is 1. The summed E-state index contributed by atoms with van der Waals surface area (Å²) in [5.41, 5.74) is 8.47. The average Bonchev–Trinajstić information content (AvgIpc) is 2.38. The number of hydrogen-bond donors (Lipinski definition) is 1. The molecular formula is C15H16FNO. The molecule has 1 atom stereocenters. The van der Waals surface area contributed by atoms with Crippen molar-refractivity contribution >= 4 is 0 Å². The fourth-order valence-electron chi connectivity index (χ4n) is 2.03. The summed E-state index contributed by atoms with van der Waals surface area (Å²) in [6.07, 6.45) is 0. The van der Waals surface area contributed by atoms with Crippen molar-refractivity contribution in [2.24, 2.45) is 5.73 Å². The summed E-state index contributed by atoms with van der Waals surface area (Å²) in [7, 11) is 1.60. The Hall–Kier alpha value is -1.87. The van der Waals surface area contributed by atoms with Gasteiger partial charge in [0.2, 0.25) is 0 Å². The van der Waals surface area contributed by atoms with E-state index in [1.807, 2.05) is 31.2 Å². The molecule has 0 aliphatic heterocycles. The van der Waals surface area contributed by atoms with Crippen LogP contribution in [0.25, 0.3) is 11.1 Å². The van der Waals surface area contributed by atoms with Crippen LogP contribution in [0.1, 0.15) is 18.5 Å². The predicted molar refractivity (Wildman–Crippen MR) is 71.0 cm³/mol. The maximum atomic E-state index is 13.5. The first kappa shape index (κ1) is 12.6. The summed E-state index contributed by atoms with van der Waals surface area (Å²) in [6.45, 7) is 1.88. The zero-order valence-electron chi connectivity index (χ0n) is 10.5. The Morgan fingerprint density at radius 1 is 1.11 bits per heavy atom. The first-order valence-electron chi connectivity index (χ1n) is 5.82. The number of rotatable bonds is 3. The van der Waals surface area contributed by atoms with Gasteiger partial charge in [-0.1, -0.05) is 24.3 Å². The Labute approximate surface area is 106 Å². The van der Waals surface area contributed by atoms with Crippen LogP contribution < -0.4 is 10.5 Å². The molecule has 0 aromatic heterocycles. The van der Waals surface area contributed by atoms with Gasteiger partial charge in [-0.3, -0.25) is 0 Å². The van der Waals surface area contributed by atoms with Crippen LogP contribution in [0, 0.1) is 5.82 Å². The van der Waals surface area contributed by atoms with E-state index in [9.17, 15) is 4.39 Å². The van der Waals surface area contributed by atoms with Crippen LogP contribution in [0.4, 0.5) is 4.39 Å². The normalized spacial score (nSPS) is 12.2. The maximum Gasteiger partial charge on any atom is 0.126 e. The van der Waals surface area contributed by atoms with Crippen molar-refractivity contribution in [3.05, 3.63) is 53.8 Å².